The summed E-state index contributed by atoms with van der Waals surface area (Å²) in [6, 6.07) is 6.79. The van der Waals surface area contributed by atoms with Gasteiger partial charge in [-0.2, -0.15) is 0 Å². The highest BCUT2D eigenvalue weighted by atomic mass is 16.6. The van der Waals surface area contributed by atoms with Crippen LogP contribution in [0.3, 0.4) is 0 Å². The van der Waals surface area contributed by atoms with Crippen molar-refractivity contribution in [2.24, 2.45) is 0 Å². The Morgan fingerprint density at radius 2 is 0.976 bits per heavy atom. The SMILES string of the molecule is C=C(C)C(=O)OCCOC(=O)c1ccc(Oc2ccc(C(=O)O)c(C(=O)OCCOC(=O)C(=C)C)c2)cc1C(=O)O. The third-order valence-corrected chi connectivity index (χ3v) is 4.91. The van der Waals surface area contributed by atoms with Gasteiger partial charge in [0, 0.05) is 11.1 Å². The highest BCUT2D eigenvalue weighted by Gasteiger charge is 2.22. The molecule has 2 rings (SSSR count). The highest BCUT2D eigenvalue weighted by molar-refractivity contribution is 6.03. The fourth-order valence-corrected chi connectivity index (χ4v) is 2.96. The average molecular weight is 571 g/mol. The second-order valence-electron chi connectivity index (χ2n) is 8.23. The van der Waals surface area contributed by atoms with Crippen LogP contribution in [0, 0.1) is 0 Å². The molecular formula is C28H26O13. The first kappa shape index (κ1) is 31.8. The Bertz CT molecular complexity index is 1400. The van der Waals surface area contributed by atoms with Crippen LogP contribution in [-0.4, -0.2) is 72.5 Å². The number of esters is 4. The summed E-state index contributed by atoms with van der Waals surface area (Å²) in [6.45, 7) is 8.45. The van der Waals surface area contributed by atoms with Crippen molar-refractivity contribution in [2.75, 3.05) is 26.4 Å². The number of rotatable bonds is 14. The Morgan fingerprint density at radius 3 is 1.41 bits per heavy atom. The first-order valence-electron chi connectivity index (χ1n) is 11.7. The van der Waals surface area contributed by atoms with Gasteiger partial charge in [0.1, 0.15) is 37.9 Å². The number of benzene rings is 2. The van der Waals surface area contributed by atoms with Crippen molar-refractivity contribution < 1.29 is 62.7 Å². The molecule has 0 aliphatic heterocycles. The molecule has 0 heterocycles. The van der Waals surface area contributed by atoms with Crippen LogP contribution in [0.5, 0.6) is 11.5 Å². The molecule has 2 N–H and O–H groups in total. The molecule has 0 amide bonds. The standard InChI is InChI=1S/C28H26O13/c1-15(2)25(33)37-9-11-39-27(35)20-8-6-17(13-21(20)24(31)32)41-18-5-7-19(23(29)30)22(14-18)28(36)40-12-10-38-26(34)16(3)4/h5-8,13-14H,1,3,9-12H2,2,4H3,(H,29,30)(H,31,32). The molecule has 41 heavy (non-hydrogen) atoms. The summed E-state index contributed by atoms with van der Waals surface area (Å²) in [7, 11) is 0. The van der Waals surface area contributed by atoms with Gasteiger partial charge in [-0.25, -0.2) is 28.8 Å². The van der Waals surface area contributed by atoms with E-state index in [1.54, 1.807) is 0 Å². The molecule has 13 heteroatoms. The van der Waals surface area contributed by atoms with Crippen molar-refractivity contribution in [3.05, 3.63) is 83.0 Å². The predicted molar refractivity (Wildman–Crippen MR) is 139 cm³/mol. The lowest BCUT2D eigenvalue weighted by molar-refractivity contribution is -0.140. The molecule has 0 aliphatic carbocycles. The van der Waals surface area contributed by atoms with Crippen LogP contribution in [0.15, 0.2) is 60.7 Å². The number of carbonyl (C=O) groups excluding carboxylic acids is 4. The number of hydrogen-bond donors (Lipinski definition) is 2. The molecule has 13 nitrogen and oxygen atoms in total. The third kappa shape index (κ3) is 9.35. The zero-order valence-corrected chi connectivity index (χ0v) is 22.1. The summed E-state index contributed by atoms with van der Waals surface area (Å²) in [5.41, 5.74) is -1.27. The summed E-state index contributed by atoms with van der Waals surface area (Å²) in [4.78, 5) is 71.1. The van der Waals surface area contributed by atoms with Crippen LogP contribution in [-0.2, 0) is 28.5 Å². The van der Waals surface area contributed by atoms with Gasteiger partial charge in [0.15, 0.2) is 0 Å². The van der Waals surface area contributed by atoms with Crippen LogP contribution in [0.25, 0.3) is 0 Å². The molecule has 0 saturated carbocycles. The normalized spacial score (nSPS) is 10.1. The van der Waals surface area contributed by atoms with Crippen LogP contribution in [0.2, 0.25) is 0 Å². The first-order chi connectivity index (χ1) is 19.3. The number of aromatic carboxylic acids is 2. The van der Waals surface area contributed by atoms with Gasteiger partial charge in [-0.15, -0.1) is 0 Å². The summed E-state index contributed by atoms with van der Waals surface area (Å²) in [6.07, 6.45) is 0. The molecule has 0 fully saturated rings. The van der Waals surface area contributed by atoms with Crippen molar-refractivity contribution in [2.45, 2.75) is 13.8 Å². The van der Waals surface area contributed by atoms with Crippen molar-refractivity contribution in [3.8, 4) is 11.5 Å². The maximum atomic E-state index is 12.5. The molecule has 2 aromatic carbocycles. The average Bonchev–Trinajstić information content (AvgIpc) is 2.92. The van der Waals surface area contributed by atoms with E-state index in [1.165, 1.54) is 26.0 Å². The van der Waals surface area contributed by atoms with E-state index in [9.17, 15) is 39.0 Å². The van der Waals surface area contributed by atoms with Crippen molar-refractivity contribution in [1.29, 1.82) is 0 Å². The predicted octanol–water partition coefficient (Wildman–Crippen LogP) is 3.43. The smallest absolute Gasteiger partial charge is 0.339 e. The number of carboxylic acid groups (broad SMARTS) is 2. The molecule has 0 bridgehead atoms. The number of hydrogen-bond acceptors (Lipinski definition) is 11. The lowest BCUT2D eigenvalue weighted by Gasteiger charge is -2.12. The van der Waals surface area contributed by atoms with E-state index in [2.05, 4.69) is 13.2 Å². The van der Waals surface area contributed by atoms with Gasteiger partial charge in [0.05, 0.1) is 22.3 Å². The third-order valence-electron chi connectivity index (χ3n) is 4.91. The molecule has 0 aromatic heterocycles. The quantitative estimate of drug-likeness (QED) is 0.146. The molecule has 0 radical (unpaired) electrons. The lowest BCUT2D eigenvalue weighted by atomic mass is 10.1. The molecule has 0 atom stereocenters. The Hall–Kier alpha value is -5.46. The topological polar surface area (TPSA) is 189 Å². The van der Waals surface area contributed by atoms with Crippen LogP contribution in [0.1, 0.15) is 55.3 Å². The minimum absolute atomic E-state index is 0.0540. The van der Waals surface area contributed by atoms with Gasteiger partial charge in [0.25, 0.3) is 0 Å². The monoisotopic (exact) mass is 570 g/mol. The molecule has 0 saturated heterocycles. The number of ether oxygens (including phenoxy) is 5. The van der Waals surface area contributed by atoms with Gasteiger partial charge in [-0.3, -0.25) is 0 Å². The van der Waals surface area contributed by atoms with Gasteiger partial charge < -0.3 is 33.9 Å². The minimum Gasteiger partial charge on any atom is -0.478 e. The van der Waals surface area contributed by atoms with Crippen molar-refractivity contribution in [1.82, 2.24) is 0 Å². The molecule has 0 aliphatic rings. The van der Waals surface area contributed by atoms with Crippen molar-refractivity contribution in [3.63, 3.8) is 0 Å². The number of carboxylic acids is 2. The highest BCUT2D eigenvalue weighted by Crippen LogP contribution is 2.27. The maximum Gasteiger partial charge on any atom is 0.339 e. The Morgan fingerprint density at radius 1 is 0.585 bits per heavy atom. The van der Waals surface area contributed by atoms with Crippen LogP contribution < -0.4 is 4.74 Å². The molecule has 216 valence electrons. The maximum absolute atomic E-state index is 12.5. The van der Waals surface area contributed by atoms with Crippen LogP contribution in [0.4, 0.5) is 0 Å². The zero-order valence-electron chi connectivity index (χ0n) is 22.1. The largest absolute Gasteiger partial charge is 0.478 e. The Kier molecular flexibility index (Phi) is 11.3. The fraction of sp³-hybridized carbons (Fsp3) is 0.214. The van der Waals surface area contributed by atoms with Gasteiger partial charge in [0.2, 0.25) is 0 Å². The van der Waals surface area contributed by atoms with E-state index < -0.39 is 46.9 Å². The second-order valence-corrected chi connectivity index (χ2v) is 8.23. The summed E-state index contributed by atoms with van der Waals surface area (Å²) >= 11 is 0. The molecule has 2 aromatic rings. The summed E-state index contributed by atoms with van der Waals surface area (Å²) in [5.74, 6) is -6.43. The minimum atomic E-state index is -1.48. The molecule has 0 spiro atoms. The van der Waals surface area contributed by atoms with Crippen LogP contribution >= 0.6 is 0 Å². The van der Waals surface area contributed by atoms with E-state index >= 15 is 0 Å². The first-order valence-corrected chi connectivity index (χ1v) is 11.7. The van der Waals surface area contributed by atoms with Crippen molar-refractivity contribution >= 4 is 35.8 Å². The Labute approximate surface area is 233 Å². The summed E-state index contributed by atoms with van der Waals surface area (Å²) in [5, 5.41) is 19.0. The lowest BCUT2D eigenvalue weighted by Crippen LogP contribution is -2.17. The molecular weight excluding hydrogens is 544 g/mol. The van der Waals surface area contributed by atoms with Gasteiger partial charge >= 0.3 is 35.8 Å². The fourth-order valence-electron chi connectivity index (χ4n) is 2.96. The zero-order chi connectivity index (χ0) is 30.7. The van der Waals surface area contributed by atoms with E-state index in [0.29, 0.717) is 0 Å². The van der Waals surface area contributed by atoms with E-state index in [1.807, 2.05) is 0 Å². The Balaban J connectivity index is 2.16. The number of carbonyl (C=O) groups is 6. The van der Waals surface area contributed by atoms with Gasteiger partial charge in [-0.1, -0.05) is 13.2 Å². The summed E-state index contributed by atoms with van der Waals surface area (Å²) < 4.78 is 25.2. The van der Waals surface area contributed by atoms with E-state index in [0.717, 1.165) is 24.3 Å². The molecule has 0 unspecified atom stereocenters. The second kappa shape index (κ2) is 14.6. The van der Waals surface area contributed by atoms with Gasteiger partial charge in [-0.05, 0) is 50.2 Å². The van der Waals surface area contributed by atoms with E-state index in [-0.39, 0.29) is 60.2 Å². The van der Waals surface area contributed by atoms with E-state index in [4.69, 9.17) is 23.7 Å².